The second kappa shape index (κ2) is 9.75. The van der Waals surface area contributed by atoms with E-state index in [2.05, 4.69) is 20.3 Å². The summed E-state index contributed by atoms with van der Waals surface area (Å²) in [6.45, 7) is 5.44. The Hall–Kier alpha value is -3.79. The number of hydrogen-bond acceptors (Lipinski definition) is 5. The van der Waals surface area contributed by atoms with Gasteiger partial charge < -0.3 is 15.0 Å². The van der Waals surface area contributed by atoms with Gasteiger partial charge in [0.15, 0.2) is 5.82 Å². The van der Waals surface area contributed by atoms with Crippen molar-refractivity contribution in [1.29, 1.82) is 0 Å². The average Bonchev–Trinajstić information content (AvgIpc) is 3.42. The predicted octanol–water partition coefficient (Wildman–Crippen LogP) is 4.82. The summed E-state index contributed by atoms with van der Waals surface area (Å²) in [6.07, 6.45) is 9.54. The number of ether oxygens (including phenoxy) is 1. The van der Waals surface area contributed by atoms with Crippen LogP contribution in [0.15, 0.2) is 43.0 Å². The van der Waals surface area contributed by atoms with E-state index < -0.39 is 17.4 Å². The van der Waals surface area contributed by atoms with Crippen LogP contribution in [0.1, 0.15) is 54.1 Å². The molecule has 1 amide bonds. The number of halogens is 2. The number of hydrogen-bond donors (Lipinski definition) is 1. The van der Waals surface area contributed by atoms with Crippen molar-refractivity contribution in [3.8, 4) is 22.7 Å². The standard InChI is InChI=1S/C29H32F2N6O2/c1-4-39-25-13-26-32-15-27(36(26)17-23(25)29(31)7-9-35(3)10-8-29)37-16-19(14-33-37)21-12-22(24(30)11-18(21)2)28(38)34-20-5-6-20/h11-17,20H,4-10H2,1-3H3,(H,34,38). The van der Waals surface area contributed by atoms with E-state index in [0.29, 0.717) is 66.4 Å². The summed E-state index contributed by atoms with van der Waals surface area (Å²) < 4.78 is 40.3. The van der Waals surface area contributed by atoms with E-state index in [0.717, 1.165) is 18.4 Å². The molecular formula is C29H32F2N6O2. The van der Waals surface area contributed by atoms with Gasteiger partial charge in [-0.25, -0.2) is 18.4 Å². The summed E-state index contributed by atoms with van der Waals surface area (Å²) in [7, 11) is 2.00. The number of nitrogens with zero attached hydrogens (tertiary/aromatic N) is 5. The van der Waals surface area contributed by atoms with Gasteiger partial charge in [0.1, 0.15) is 22.9 Å². The lowest BCUT2D eigenvalue weighted by molar-refractivity contribution is 0.0640. The number of carbonyl (C=O) groups excluding carboxylic acids is 1. The zero-order chi connectivity index (χ0) is 27.3. The van der Waals surface area contributed by atoms with E-state index >= 15 is 4.39 Å². The number of rotatable bonds is 7. The topological polar surface area (TPSA) is 76.7 Å². The molecular weight excluding hydrogens is 502 g/mol. The Morgan fingerprint density at radius 2 is 1.95 bits per heavy atom. The molecule has 1 aromatic carbocycles. The SMILES string of the molecule is CCOc1cc2ncc(-n3cc(-c4cc(C(=O)NC5CC5)c(F)cc4C)cn3)n2cc1C1(F)CCN(C)CC1. The number of amides is 1. The number of pyridine rings is 1. The maximum atomic E-state index is 16.3. The van der Waals surface area contributed by atoms with Gasteiger partial charge in [0.2, 0.25) is 0 Å². The lowest BCUT2D eigenvalue weighted by atomic mass is 9.86. The maximum absolute atomic E-state index is 16.3. The third-order valence-corrected chi connectivity index (χ3v) is 7.75. The fourth-order valence-electron chi connectivity index (χ4n) is 5.25. The van der Waals surface area contributed by atoms with Crippen molar-refractivity contribution in [1.82, 2.24) is 29.4 Å². The lowest BCUT2D eigenvalue weighted by Gasteiger charge is -2.35. The maximum Gasteiger partial charge on any atom is 0.254 e. The average molecular weight is 535 g/mol. The number of nitrogens with one attached hydrogen (secondary N) is 1. The molecule has 1 aliphatic carbocycles. The van der Waals surface area contributed by atoms with Gasteiger partial charge >= 0.3 is 0 Å². The molecule has 0 unspecified atom stereocenters. The third kappa shape index (κ3) is 4.78. The molecule has 8 nitrogen and oxygen atoms in total. The highest BCUT2D eigenvalue weighted by molar-refractivity contribution is 5.96. The van der Waals surface area contributed by atoms with Crippen molar-refractivity contribution in [2.24, 2.45) is 0 Å². The Labute approximate surface area is 225 Å². The van der Waals surface area contributed by atoms with Crippen molar-refractivity contribution >= 4 is 11.6 Å². The van der Waals surface area contributed by atoms with Gasteiger partial charge in [-0.3, -0.25) is 9.20 Å². The number of alkyl halides is 1. The lowest BCUT2D eigenvalue weighted by Crippen LogP contribution is -2.38. The van der Waals surface area contributed by atoms with Crippen LogP contribution in [0.25, 0.3) is 22.6 Å². The molecule has 1 saturated heterocycles. The molecule has 0 radical (unpaired) electrons. The minimum Gasteiger partial charge on any atom is -0.493 e. The molecule has 1 saturated carbocycles. The number of carbonyl (C=O) groups is 1. The summed E-state index contributed by atoms with van der Waals surface area (Å²) in [5.41, 5.74) is 1.77. The smallest absolute Gasteiger partial charge is 0.254 e. The molecule has 2 aliphatic rings. The first-order chi connectivity index (χ1) is 18.8. The van der Waals surface area contributed by atoms with E-state index in [1.165, 1.54) is 6.07 Å². The van der Waals surface area contributed by atoms with Gasteiger partial charge in [-0.2, -0.15) is 5.10 Å². The fourth-order valence-corrected chi connectivity index (χ4v) is 5.25. The van der Waals surface area contributed by atoms with E-state index in [9.17, 15) is 9.18 Å². The zero-order valence-corrected chi connectivity index (χ0v) is 22.4. The summed E-state index contributed by atoms with van der Waals surface area (Å²) >= 11 is 0. The van der Waals surface area contributed by atoms with Crippen molar-refractivity contribution in [2.75, 3.05) is 26.7 Å². The Bertz CT molecular complexity index is 1550. The molecule has 1 N–H and O–H groups in total. The van der Waals surface area contributed by atoms with Crippen LogP contribution in [0.2, 0.25) is 0 Å². The number of likely N-dealkylation sites (tertiary alicyclic amines) is 1. The highest BCUT2D eigenvalue weighted by Crippen LogP contribution is 2.42. The first kappa shape index (κ1) is 25.5. The minimum atomic E-state index is -1.51. The normalized spacial score (nSPS) is 17.5. The molecule has 0 atom stereocenters. The molecule has 204 valence electrons. The number of aromatic nitrogens is 4. The number of fused-ring (bicyclic) bond motifs is 1. The van der Waals surface area contributed by atoms with E-state index in [1.807, 2.05) is 24.6 Å². The van der Waals surface area contributed by atoms with Crippen LogP contribution in [0.3, 0.4) is 0 Å². The Kier molecular flexibility index (Phi) is 6.37. The van der Waals surface area contributed by atoms with Crippen LogP contribution < -0.4 is 10.1 Å². The second-order valence-electron chi connectivity index (χ2n) is 10.7. The van der Waals surface area contributed by atoms with Crippen LogP contribution in [-0.4, -0.2) is 62.8 Å². The highest BCUT2D eigenvalue weighted by Gasteiger charge is 2.38. The highest BCUT2D eigenvalue weighted by atomic mass is 19.1. The summed E-state index contributed by atoms with van der Waals surface area (Å²) in [6, 6.07) is 4.87. The summed E-state index contributed by atoms with van der Waals surface area (Å²) in [4.78, 5) is 19.3. The van der Waals surface area contributed by atoms with Crippen LogP contribution >= 0.6 is 0 Å². The predicted molar refractivity (Wildman–Crippen MR) is 144 cm³/mol. The fraction of sp³-hybridized carbons (Fsp3) is 0.414. The molecule has 39 heavy (non-hydrogen) atoms. The second-order valence-corrected chi connectivity index (χ2v) is 10.7. The van der Waals surface area contributed by atoms with Gasteiger partial charge in [0.05, 0.1) is 24.6 Å². The zero-order valence-electron chi connectivity index (χ0n) is 22.4. The molecule has 4 heterocycles. The molecule has 4 aromatic rings. The quantitative estimate of drug-likeness (QED) is 0.368. The Balaban J connectivity index is 1.38. The number of benzene rings is 1. The molecule has 10 heteroatoms. The molecule has 6 rings (SSSR count). The molecule has 2 fully saturated rings. The number of aryl methyl sites for hydroxylation is 1. The van der Waals surface area contributed by atoms with Crippen molar-refractivity contribution in [3.63, 3.8) is 0 Å². The first-order valence-electron chi connectivity index (χ1n) is 13.4. The van der Waals surface area contributed by atoms with Gasteiger partial charge in [-0.15, -0.1) is 0 Å². The number of piperidine rings is 1. The van der Waals surface area contributed by atoms with Crippen LogP contribution in [0, 0.1) is 12.7 Å². The molecule has 1 aliphatic heterocycles. The first-order valence-corrected chi connectivity index (χ1v) is 13.4. The van der Waals surface area contributed by atoms with Gasteiger partial charge in [0, 0.05) is 48.7 Å². The monoisotopic (exact) mass is 534 g/mol. The van der Waals surface area contributed by atoms with E-state index in [-0.39, 0.29) is 11.6 Å². The summed E-state index contributed by atoms with van der Waals surface area (Å²) in [5, 5.41) is 7.39. The Morgan fingerprint density at radius 3 is 2.67 bits per heavy atom. The third-order valence-electron chi connectivity index (χ3n) is 7.75. The van der Waals surface area contributed by atoms with E-state index in [1.54, 1.807) is 42.3 Å². The van der Waals surface area contributed by atoms with Gasteiger partial charge in [-0.1, -0.05) is 0 Å². The summed E-state index contributed by atoms with van der Waals surface area (Å²) in [5.74, 6) is 0.185. The molecule has 3 aromatic heterocycles. The van der Waals surface area contributed by atoms with Gasteiger partial charge in [0.25, 0.3) is 5.91 Å². The largest absolute Gasteiger partial charge is 0.493 e. The van der Waals surface area contributed by atoms with Gasteiger partial charge in [-0.05, 0) is 69.8 Å². The van der Waals surface area contributed by atoms with Crippen LogP contribution in [0.4, 0.5) is 8.78 Å². The van der Waals surface area contributed by atoms with E-state index in [4.69, 9.17) is 4.74 Å². The van der Waals surface area contributed by atoms with Crippen molar-refractivity contribution in [3.05, 3.63) is 65.5 Å². The number of imidazole rings is 1. The molecule has 0 bridgehead atoms. The van der Waals surface area contributed by atoms with Crippen LogP contribution in [-0.2, 0) is 5.67 Å². The minimum absolute atomic E-state index is 0.0181. The molecule has 0 spiro atoms. The van der Waals surface area contributed by atoms with Crippen molar-refractivity contribution in [2.45, 2.75) is 51.2 Å². The van der Waals surface area contributed by atoms with Crippen LogP contribution in [0.5, 0.6) is 5.75 Å². The van der Waals surface area contributed by atoms with Crippen molar-refractivity contribution < 1.29 is 18.3 Å². The Morgan fingerprint density at radius 1 is 1.18 bits per heavy atom.